The normalized spacial score (nSPS) is 18.8. The SMILES string of the molecule is CC1CC(C)(C)c2cccc(NC(=O)c3cccnc3F)c21. The van der Waals surface area contributed by atoms with E-state index in [1.165, 1.54) is 17.8 Å². The largest absolute Gasteiger partial charge is 0.322 e. The van der Waals surface area contributed by atoms with Gasteiger partial charge in [-0.3, -0.25) is 4.79 Å². The van der Waals surface area contributed by atoms with Crippen LogP contribution in [0.4, 0.5) is 10.1 Å². The van der Waals surface area contributed by atoms with Gasteiger partial charge in [-0.25, -0.2) is 4.98 Å². The van der Waals surface area contributed by atoms with Gasteiger partial charge in [-0.1, -0.05) is 32.9 Å². The maximum Gasteiger partial charge on any atom is 0.260 e. The number of benzene rings is 1. The first-order valence-electron chi connectivity index (χ1n) is 7.45. The molecule has 1 aromatic heterocycles. The van der Waals surface area contributed by atoms with Crippen LogP contribution in [0.5, 0.6) is 0 Å². The Hall–Kier alpha value is -2.23. The molecule has 3 nitrogen and oxygen atoms in total. The lowest BCUT2D eigenvalue weighted by atomic mass is 9.86. The van der Waals surface area contributed by atoms with E-state index in [-0.39, 0.29) is 11.0 Å². The predicted octanol–water partition coefficient (Wildman–Crippen LogP) is 4.26. The highest BCUT2D eigenvalue weighted by atomic mass is 19.1. The average molecular weight is 298 g/mol. The molecule has 2 aromatic rings. The fourth-order valence-electron chi connectivity index (χ4n) is 3.52. The number of anilines is 1. The molecular formula is C18H19FN2O. The lowest BCUT2D eigenvalue weighted by Crippen LogP contribution is -2.16. The molecule has 1 atom stereocenters. The molecule has 22 heavy (non-hydrogen) atoms. The van der Waals surface area contributed by atoms with Crippen LogP contribution in [0.3, 0.4) is 0 Å². The van der Waals surface area contributed by atoms with Crippen molar-refractivity contribution in [2.75, 3.05) is 5.32 Å². The minimum Gasteiger partial charge on any atom is -0.322 e. The first-order chi connectivity index (χ1) is 10.4. The molecule has 1 unspecified atom stereocenters. The number of halogens is 1. The van der Waals surface area contributed by atoms with Crippen LogP contribution in [0, 0.1) is 5.95 Å². The van der Waals surface area contributed by atoms with Crippen LogP contribution in [-0.2, 0) is 5.41 Å². The third-order valence-electron chi connectivity index (χ3n) is 4.40. The van der Waals surface area contributed by atoms with Crippen molar-refractivity contribution in [1.29, 1.82) is 0 Å². The predicted molar refractivity (Wildman–Crippen MR) is 84.6 cm³/mol. The summed E-state index contributed by atoms with van der Waals surface area (Å²) < 4.78 is 13.6. The van der Waals surface area contributed by atoms with E-state index in [9.17, 15) is 9.18 Å². The smallest absolute Gasteiger partial charge is 0.260 e. The molecular weight excluding hydrogens is 279 g/mol. The van der Waals surface area contributed by atoms with E-state index in [4.69, 9.17) is 0 Å². The molecule has 1 amide bonds. The molecule has 0 fully saturated rings. The number of carbonyl (C=O) groups excluding carboxylic acids is 1. The number of pyridine rings is 1. The van der Waals surface area contributed by atoms with Crippen molar-refractivity contribution in [2.45, 2.75) is 38.5 Å². The van der Waals surface area contributed by atoms with Gasteiger partial charge in [0.1, 0.15) is 0 Å². The van der Waals surface area contributed by atoms with Crippen molar-refractivity contribution in [1.82, 2.24) is 4.98 Å². The molecule has 114 valence electrons. The van der Waals surface area contributed by atoms with E-state index in [1.54, 1.807) is 6.07 Å². The number of carbonyl (C=O) groups is 1. The van der Waals surface area contributed by atoms with E-state index in [1.807, 2.05) is 12.1 Å². The number of amides is 1. The molecule has 0 saturated carbocycles. The number of hydrogen-bond donors (Lipinski definition) is 1. The molecule has 3 rings (SSSR count). The number of hydrogen-bond acceptors (Lipinski definition) is 2. The van der Waals surface area contributed by atoms with Gasteiger partial charge in [0.15, 0.2) is 0 Å². The molecule has 0 spiro atoms. The number of fused-ring (bicyclic) bond motifs is 1. The lowest BCUT2D eigenvalue weighted by Gasteiger charge is -2.19. The van der Waals surface area contributed by atoms with Crippen LogP contribution in [0.25, 0.3) is 0 Å². The zero-order chi connectivity index (χ0) is 15.9. The van der Waals surface area contributed by atoms with E-state index < -0.39 is 11.9 Å². The van der Waals surface area contributed by atoms with Crippen molar-refractivity contribution in [2.24, 2.45) is 0 Å². The Balaban J connectivity index is 1.97. The van der Waals surface area contributed by atoms with Crippen molar-refractivity contribution < 1.29 is 9.18 Å². The summed E-state index contributed by atoms with van der Waals surface area (Å²) >= 11 is 0. The van der Waals surface area contributed by atoms with Gasteiger partial charge in [-0.15, -0.1) is 0 Å². The van der Waals surface area contributed by atoms with E-state index in [0.29, 0.717) is 5.92 Å². The van der Waals surface area contributed by atoms with Gasteiger partial charge in [-0.2, -0.15) is 4.39 Å². The summed E-state index contributed by atoms with van der Waals surface area (Å²) in [4.78, 5) is 15.8. The number of rotatable bonds is 2. The van der Waals surface area contributed by atoms with E-state index in [2.05, 4.69) is 37.1 Å². The Kier molecular flexibility index (Phi) is 3.47. The first-order valence-corrected chi connectivity index (χ1v) is 7.45. The van der Waals surface area contributed by atoms with Crippen molar-refractivity contribution >= 4 is 11.6 Å². The van der Waals surface area contributed by atoms with Gasteiger partial charge in [0.05, 0.1) is 5.56 Å². The maximum absolute atomic E-state index is 13.6. The number of nitrogens with zero attached hydrogens (tertiary/aromatic N) is 1. The molecule has 1 N–H and O–H groups in total. The minimum absolute atomic E-state index is 0.0370. The fourth-order valence-corrected chi connectivity index (χ4v) is 3.52. The quantitative estimate of drug-likeness (QED) is 0.842. The monoisotopic (exact) mass is 298 g/mol. The molecule has 0 aliphatic heterocycles. The van der Waals surface area contributed by atoms with E-state index >= 15 is 0 Å². The molecule has 1 aliphatic rings. The van der Waals surface area contributed by atoms with Crippen molar-refractivity contribution in [3.63, 3.8) is 0 Å². The highest BCUT2D eigenvalue weighted by Gasteiger charge is 2.36. The Bertz CT molecular complexity index is 740. The second kappa shape index (κ2) is 5.20. The van der Waals surface area contributed by atoms with Gasteiger partial charge in [0.25, 0.3) is 5.91 Å². The highest BCUT2D eigenvalue weighted by Crippen LogP contribution is 2.48. The van der Waals surface area contributed by atoms with Gasteiger partial charge in [0.2, 0.25) is 5.95 Å². The lowest BCUT2D eigenvalue weighted by molar-refractivity contribution is 0.102. The summed E-state index contributed by atoms with van der Waals surface area (Å²) in [5.41, 5.74) is 3.23. The van der Waals surface area contributed by atoms with Crippen molar-refractivity contribution in [3.8, 4) is 0 Å². The van der Waals surface area contributed by atoms with Gasteiger partial charge < -0.3 is 5.32 Å². The van der Waals surface area contributed by atoms with Crippen LogP contribution in [0.2, 0.25) is 0 Å². The summed E-state index contributed by atoms with van der Waals surface area (Å²) in [6, 6.07) is 8.92. The Labute approximate surface area is 129 Å². The summed E-state index contributed by atoms with van der Waals surface area (Å²) in [5.74, 6) is -0.850. The molecule has 1 aromatic carbocycles. The molecule has 0 radical (unpaired) electrons. The average Bonchev–Trinajstić information content (AvgIpc) is 2.70. The van der Waals surface area contributed by atoms with Crippen molar-refractivity contribution in [3.05, 3.63) is 59.2 Å². The van der Waals surface area contributed by atoms with Crippen LogP contribution in [0.1, 0.15) is 54.6 Å². The van der Waals surface area contributed by atoms with Crippen LogP contribution in [0.15, 0.2) is 36.5 Å². The number of nitrogens with one attached hydrogen (secondary N) is 1. The number of aromatic nitrogens is 1. The second-order valence-corrected chi connectivity index (χ2v) is 6.55. The Morgan fingerprint density at radius 2 is 2.09 bits per heavy atom. The summed E-state index contributed by atoms with van der Waals surface area (Å²) in [5, 5.41) is 2.85. The topological polar surface area (TPSA) is 42.0 Å². The maximum atomic E-state index is 13.6. The Morgan fingerprint density at radius 3 is 2.82 bits per heavy atom. The Morgan fingerprint density at radius 1 is 1.32 bits per heavy atom. The third kappa shape index (κ3) is 2.39. The fraction of sp³-hybridized carbons (Fsp3) is 0.333. The van der Waals surface area contributed by atoms with Crippen LogP contribution in [-0.4, -0.2) is 10.9 Å². The minimum atomic E-state index is -0.749. The highest BCUT2D eigenvalue weighted by molar-refractivity contribution is 6.04. The zero-order valence-electron chi connectivity index (χ0n) is 13.0. The second-order valence-electron chi connectivity index (χ2n) is 6.55. The molecule has 4 heteroatoms. The molecule has 0 saturated heterocycles. The standard InChI is InChI=1S/C18H19FN2O/c1-11-10-18(2,3)13-7-4-8-14(15(11)13)21-17(22)12-6-5-9-20-16(12)19/h4-9,11H,10H2,1-3H3,(H,21,22). The van der Waals surface area contributed by atoms with Crippen LogP contribution < -0.4 is 5.32 Å². The third-order valence-corrected chi connectivity index (χ3v) is 4.40. The van der Waals surface area contributed by atoms with Gasteiger partial charge in [-0.05, 0) is 47.1 Å². The van der Waals surface area contributed by atoms with Gasteiger partial charge >= 0.3 is 0 Å². The molecule has 1 heterocycles. The summed E-state index contributed by atoms with van der Waals surface area (Å²) in [6.45, 7) is 6.58. The van der Waals surface area contributed by atoms with Gasteiger partial charge in [0, 0.05) is 11.9 Å². The van der Waals surface area contributed by atoms with E-state index in [0.717, 1.165) is 17.7 Å². The summed E-state index contributed by atoms with van der Waals surface area (Å²) in [6.07, 6.45) is 2.37. The zero-order valence-corrected chi connectivity index (χ0v) is 13.0. The first kappa shape index (κ1) is 14.7. The molecule has 1 aliphatic carbocycles. The van der Waals surface area contributed by atoms with Crippen LogP contribution >= 0.6 is 0 Å². The summed E-state index contributed by atoms with van der Waals surface area (Å²) in [7, 11) is 0. The molecule has 0 bridgehead atoms.